The van der Waals surface area contributed by atoms with E-state index in [4.69, 9.17) is 5.11 Å². The number of aliphatic hydroxyl groups excluding tert-OH is 1. The zero-order valence-electron chi connectivity index (χ0n) is 6.27. The van der Waals surface area contributed by atoms with Crippen molar-refractivity contribution in [3.63, 3.8) is 0 Å². The van der Waals surface area contributed by atoms with Gasteiger partial charge in [-0.2, -0.15) is 0 Å². The molecule has 0 aromatic carbocycles. The Labute approximate surface area is 61.6 Å². The van der Waals surface area contributed by atoms with Crippen LogP contribution in [0.1, 0.15) is 19.3 Å². The number of hydrogen-bond donors (Lipinski definition) is 2. The minimum absolute atomic E-state index is 0.404. The average Bonchev–Trinajstić information content (AvgIpc) is 2.65. The zero-order chi connectivity index (χ0) is 7.03. The molecule has 58 valence electrons. The molecule has 1 aliphatic carbocycles. The standard InChI is InChI=1S/C8H15NO/c10-5-7-4-8(7)2-1-3-9-6-8/h7,9-10H,1-6H2/t7-,8+/m0/s1. The molecule has 2 fully saturated rings. The quantitative estimate of drug-likeness (QED) is 0.553. The largest absolute Gasteiger partial charge is 0.396 e. The van der Waals surface area contributed by atoms with E-state index in [1.807, 2.05) is 0 Å². The summed E-state index contributed by atoms with van der Waals surface area (Å²) >= 11 is 0. The Kier molecular flexibility index (Phi) is 1.46. The molecule has 0 aromatic heterocycles. The number of hydrogen-bond acceptors (Lipinski definition) is 2. The van der Waals surface area contributed by atoms with Gasteiger partial charge in [-0.15, -0.1) is 0 Å². The fraction of sp³-hybridized carbons (Fsp3) is 1.00. The lowest BCUT2D eigenvalue weighted by Gasteiger charge is -2.23. The molecule has 0 bridgehead atoms. The summed E-state index contributed by atoms with van der Waals surface area (Å²) in [5.74, 6) is 0.625. The third kappa shape index (κ3) is 0.867. The van der Waals surface area contributed by atoms with E-state index >= 15 is 0 Å². The summed E-state index contributed by atoms with van der Waals surface area (Å²) in [4.78, 5) is 0. The summed E-state index contributed by atoms with van der Waals surface area (Å²) in [6.07, 6.45) is 3.90. The van der Waals surface area contributed by atoms with Crippen LogP contribution in [0.25, 0.3) is 0 Å². The van der Waals surface area contributed by atoms with Crippen molar-refractivity contribution in [2.45, 2.75) is 19.3 Å². The Balaban J connectivity index is 1.92. The highest BCUT2D eigenvalue weighted by Crippen LogP contribution is 2.55. The van der Waals surface area contributed by atoms with Crippen LogP contribution in [0.15, 0.2) is 0 Å². The van der Waals surface area contributed by atoms with Gasteiger partial charge in [-0.1, -0.05) is 0 Å². The van der Waals surface area contributed by atoms with Crippen LogP contribution in [0.2, 0.25) is 0 Å². The molecule has 0 unspecified atom stereocenters. The molecule has 2 aliphatic rings. The molecule has 1 saturated carbocycles. The highest BCUT2D eigenvalue weighted by Gasteiger charge is 2.53. The van der Waals surface area contributed by atoms with Crippen molar-refractivity contribution in [3.05, 3.63) is 0 Å². The molecule has 0 amide bonds. The number of nitrogens with one attached hydrogen (secondary N) is 1. The van der Waals surface area contributed by atoms with E-state index in [0.29, 0.717) is 17.9 Å². The van der Waals surface area contributed by atoms with Gasteiger partial charge in [0.15, 0.2) is 0 Å². The maximum absolute atomic E-state index is 8.90. The summed E-state index contributed by atoms with van der Waals surface area (Å²) < 4.78 is 0. The van der Waals surface area contributed by atoms with Gasteiger partial charge in [0.25, 0.3) is 0 Å². The summed E-state index contributed by atoms with van der Waals surface area (Å²) in [6, 6.07) is 0. The topological polar surface area (TPSA) is 32.3 Å². The van der Waals surface area contributed by atoms with E-state index in [2.05, 4.69) is 5.32 Å². The monoisotopic (exact) mass is 141 g/mol. The molecule has 0 aromatic rings. The van der Waals surface area contributed by atoms with Crippen molar-refractivity contribution < 1.29 is 5.11 Å². The maximum atomic E-state index is 8.90. The van der Waals surface area contributed by atoms with E-state index in [9.17, 15) is 0 Å². The Morgan fingerprint density at radius 3 is 3.00 bits per heavy atom. The van der Waals surface area contributed by atoms with Crippen molar-refractivity contribution in [2.75, 3.05) is 19.7 Å². The fourth-order valence-corrected chi connectivity index (χ4v) is 2.20. The first-order valence-corrected chi connectivity index (χ1v) is 4.19. The van der Waals surface area contributed by atoms with Crippen LogP contribution < -0.4 is 5.32 Å². The zero-order valence-corrected chi connectivity index (χ0v) is 6.27. The highest BCUT2D eigenvalue weighted by molar-refractivity contribution is 5.04. The van der Waals surface area contributed by atoms with Crippen LogP contribution in [0, 0.1) is 11.3 Å². The Hall–Kier alpha value is -0.0800. The van der Waals surface area contributed by atoms with Crippen LogP contribution in [0.3, 0.4) is 0 Å². The molecule has 1 saturated heterocycles. The summed E-state index contributed by atoms with van der Waals surface area (Å²) in [5.41, 5.74) is 0.535. The molecule has 10 heavy (non-hydrogen) atoms. The number of rotatable bonds is 1. The van der Waals surface area contributed by atoms with Crippen LogP contribution in [0.4, 0.5) is 0 Å². The lowest BCUT2D eigenvalue weighted by atomic mass is 9.94. The minimum Gasteiger partial charge on any atom is -0.396 e. The van der Waals surface area contributed by atoms with Gasteiger partial charge in [-0.3, -0.25) is 0 Å². The van der Waals surface area contributed by atoms with Crippen LogP contribution in [-0.2, 0) is 0 Å². The van der Waals surface area contributed by atoms with Crippen molar-refractivity contribution >= 4 is 0 Å². The molecule has 2 atom stereocenters. The molecule has 1 aliphatic heterocycles. The Bertz CT molecular complexity index is 129. The van der Waals surface area contributed by atoms with E-state index in [1.165, 1.54) is 25.8 Å². The van der Waals surface area contributed by atoms with Gasteiger partial charge < -0.3 is 10.4 Å². The summed E-state index contributed by atoms with van der Waals surface area (Å²) in [5, 5.41) is 12.3. The molecule has 2 heteroatoms. The second-order valence-electron chi connectivity index (χ2n) is 3.73. The van der Waals surface area contributed by atoms with Crippen LogP contribution in [0.5, 0.6) is 0 Å². The van der Waals surface area contributed by atoms with E-state index in [-0.39, 0.29) is 0 Å². The van der Waals surface area contributed by atoms with E-state index in [1.54, 1.807) is 0 Å². The number of piperidine rings is 1. The molecule has 1 heterocycles. The molecular formula is C8H15NO. The van der Waals surface area contributed by atoms with Gasteiger partial charge in [0.05, 0.1) is 0 Å². The molecule has 2 nitrogen and oxygen atoms in total. The van der Waals surface area contributed by atoms with Gasteiger partial charge in [0, 0.05) is 13.2 Å². The van der Waals surface area contributed by atoms with Gasteiger partial charge in [0.2, 0.25) is 0 Å². The normalized spacial score (nSPS) is 45.9. The smallest absolute Gasteiger partial charge is 0.0465 e. The maximum Gasteiger partial charge on any atom is 0.0465 e. The first kappa shape index (κ1) is 6.62. The molecule has 2 N–H and O–H groups in total. The molecule has 0 radical (unpaired) electrons. The first-order valence-electron chi connectivity index (χ1n) is 4.19. The van der Waals surface area contributed by atoms with Crippen molar-refractivity contribution in [1.82, 2.24) is 5.32 Å². The predicted octanol–water partition coefficient (Wildman–Crippen LogP) is 0.368. The fourth-order valence-electron chi connectivity index (χ4n) is 2.20. The predicted molar refractivity (Wildman–Crippen MR) is 39.7 cm³/mol. The summed E-state index contributed by atoms with van der Waals surface area (Å²) in [7, 11) is 0. The van der Waals surface area contributed by atoms with Gasteiger partial charge >= 0.3 is 0 Å². The van der Waals surface area contributed by atoms with Crippen molar-refractivity contribution in [3.8, 4) is 0 Å². The van der Waals surface area contributed by atoms with Gasteiger partial charge in [-0.05, 0) is 37.1 Å². The third-order valence-electron chi connectivity index (χ3n) is 3.08. The Morgan fingerprint density at radius 2 is 2.50 bits per heavy atom. The van der Waals surface area contributed by atoms with Crippen LogP contribution >= 0.6 is 0 Å². The van der Waals surface area contributed by atoms with Gasteiger partial charge in [-0.25, -0.2) is 0 Å². The molecule has 2 rings (SSSR count). The van der Waals surface area contributed by atoms with Gasteiger partial charge in [0.1, 0.15) is 0 Å². The van der Waals surface area contributed by atoms with Crippen molar-refractivity contribution in [1.29, 1.82) is 0 Å². The SMILES string of the molecule is OC[C@@H]1C[C@@]12CCCNC2. The Morgan fingerprint density at radius 1 is 1.60 bits per heavy atom. The second-order valence-corrected chi connectivity index (χ2v) is 3.73. The minimum atomic E-state index is 0.404. The van der Waals surface area contributed by atoms with E-state index in [0.717, 1.165) is 6.54 Å². The third-order valence-corrected chi connectivity index (χ3v) is 3.08. The molecular weight excluding hydrogens is 126 g/mol. The lowest BCUT2D eigenvalue weighted by molar-refractivity contribution is 0.229. The lowest BCUT2D eigenvalue weighted by Crippen LogP contribution is -2.32. The number of aliphatic hydroxyl groups is 1. The molecule has 1 spiro atoms. The van der Waals surface area contributed by atoms with Crippen LogP contribution in [-0.4, -0.2) is 24.8 Å². The summed E-state index contributed by atoms with van der Waals surface area (Å²) in [6.45, 7) is 2.74. The first-order chi connectivity index (χ1) is 4.87. The average molecular weight is 141 g/mol. The second kappa shape index (κ2) is 2.21. The van der Waals surface area contributed by atoms with Crippen molar-refractivity contribution in [2.24, 2.45) is 11.3 Å². The van der Waals surface area contributed by atoms with E-state index < -0.39 is 0 Å². The highest BCUT2D eigenvalue weighted by atomic mass is 16.3.